The lowest BCUT2D eigenvalue weighted by Crippen LogP contribution is -2.56. The van der Waals surface area contributed by atoms with Crippen LogP contribution in [0.2, 0.25) is 0 Å². The summed E-state index contributed by atoms with van der Waals surface area (Å²) in [6, 6.07) is 7.15. The highest BCUT2D eigenvalue weighted by molar-refractivity contribution is 5.98. The molecule has 1 atom stereocenters. The highest BCUT2D eigenvalue weighted by atomic mass is 16.5. The van der Waals surface area contributed by atoms with E-state index >= 15 is 0 Å². The number of benzene rings is 1. The second-order valence-electron chi connectivity index (χ2n) is 8.26. The lowest BCUT2D eigenvalue weighted by molar-refractivity contribution is -0.140. The van der Waals surface area contributed by atoms with E-state index in [2.05, 4.69) is 5.32 Å². The summed E-state index contributed by atoms with van der Waals surface area (Å²) in [6.07, 6.45) is 6.73. The zero-order valence-corrected chi connectivity index (χ0v) is 16.8. The molecule has 1 aromatic rings. The van der Waals surface area contributed by atoms with Crippen LogP contribution in [-0.4, -0.2) is 59.4 Å². The van der Waals surface area contributed by atoms with Crippen molar-refractivity contribution in [2.24, 2.45) is 0 Å². The van der Waals surface area contributed by atoms with Crippen LogP contribution in [0.5, 0.6) is 5.75 Å². The fraction of sp³-hybridized carbons (Fsp3) is 0.591. The van der Waals surface area contributed by atoms with Gasteiger partial charge >= 0.3 is 0 Å². The van der Waals surface area contributed by atoms with E-state index in [1.54, 1.807) is 23.1 Å². The molecule has 156 valence electrons. The monoisotopic (exact) mass is 399 g/mol. The summed E-state index contributed by atoms with van der Waals surface area (Å²) < 4.78 is 6.15. The Labute approximate surface area is 171 Å². The van der Waals surface area contributed by atoms with Crippen molar-refractivity contribution < 1.29 is 19.1 Å². The average molecular weight is 399 g/mol. The first-order valence-corrected chi connectivity index (χ1v) is 10.7. The Kier molecular flexibility index (Phi) is 5.74. The number of amides is 3. The Morgan fingerprint density at radius 3 is 2.52 bits per heavy atom. The normalized spacial score (nSPS) is 25.4. The third-order valence-electron chi connectivity index (χ3n) is 6.19. The second kappa shape index (κ2) is 8.43. The first kappa shape index (κ1) is 19.7. The fourth-order valence-electron chi connectivity index (χ4n) is 4.44. The summed E-state index contributed by atoms with van der Waals surface area (Å²) in [6.45, 7) is 2.06. The molecule has 3 aliphatic heterocycles. The van der Waals surface area contributed by atoms with Crippen LogP contribution in [0.4, 0.5) is 0 Å². The van der Waals surface area contributed by atoms with Crippen molar-refractivity contribution in [3.05, 3.63) is 29.8 Å². The third-order valence-corrected chi connectivity index (χ3v) is 6.19. The van der Waals surface area contributed by atoms with Crippen molar-refractivity contribution in [2.75, 3.05) is 26.2 Å². The highest BCUT2D eigenvalue weighted by Gasteiger charge is 2.42. The van der Waals surface area contributed by atoms with E-state index in [0.717, 1.165) is 38.8 Å². The maximum Gasteiger partial charge on any atom is 0.258 e. The standard InChI is InChI=1S/C22H29N3O4/c26-19-10-11-22(23-21(28)17-8-4-5-9-18(17)29-22)12-15-25(19)16-20(27)24-13-6-2-1-3-7-14-24/h4-5,8-9H,1-3,6-7,10-16H2,(H,23,28). The van der Waals surface area contributed by atoms with E-state index in [1.807, 2.05) is 11.0 Å². The first-order chi connectivity index (χ1) is 14.1. The topological polar surface area (TPSA) is 79.0 Å². The summed E-state index contributed by atoms with van der Waals surface area (Å²) in [5.74, 6) is 0.340. The minimum Gasteiger partial charge on any atom is -0.467 e. The van der Waals surface area contributed by atoms with Crippen molar-refractivity contribution >= 4 is 17.7 Å². The molecular formula is C22H29N3O4. The number of nitrogens with zero attached hydrogens (tertiary/aromatic N) is 2. The van der Waals surface area contributed by atoms with Gasteiger partial charge in [0.05, 0.1) is 12.1 Å². The minimum atomic E-state index is -0.889. The lowest BCUT2D eigenvalue weighted by atomic mass is 10.0. The van der Waals surface area contributed by atoms with Crippen molar-refractivity contribution in [3.63, 3.8) is 0 Å². The van der Waals surface area contributed by atoms with Crippen LogP contribution in [0.3, 0.4) is 0 Å². The van der Waals surface area contributed by atoms with E-state index in [-0.39, 0.29) is 30.7 Å². The molecule has 4 rings (SSSR count). The van der Waals surface area contributed by atoms with Crippen molar-refractivity contribution in [3.8, 4) is 5.75 Å². The molecular weight excluding hydrogens is 370 g/mol. The molecule has 1 spiro atoms. The van der Waals surface area contributed by atoms with Gasteiger partial charge in [0, 0.05) is 38.9 Å². The zero-order valence-electron chi connectivity index (χ0n) is 16.8. The Morgan fingerprint density at radius 2 is 1.72 bits per heavy atom. The molecule has 1 N–H and O–H groups in total. The molecule has 0 aliphatic carbocycles. The van der Waals surface area contributed by atoms with Gasteiger partial charge in [0.2, 0.25) is 11.8 Å². The van der Waals surface area contributed by atoms with Crippen LogP contribution in [0.15, 0.2) is 24.3 Å². The van der Waals surface area contributed by atoms with Crippen molar-refractivity contribution in [1.29, 1.82) is 0 Å². The van der Waals surface area contributed by atoms with E-state index in [1.165, 1.54) is 6.42 Å². The van der Waals surface area contributed by atoms with Crippen molar-refractivity contribution in [1.82, 2.24) is 15.1 Å². The van der Waals surface area contributed by atoms with Gasteiger partial charge in [-0.15, -0.1) is 0 Å². The van der Waals surface area contributed by atoms with Crippen LogP contribution in [0, 0.1) is 0 Å². The highest BCUT2D eigenvalue weighted by Crippen LogP contribution is 2.33. The van der Waals surface area contributed by atoms with E-state index in [0.29, 0.717) is 30.7 Å². The second-order valence-corrected chi connectivity index (χ2v) is 8.26. The van der Waals surface area contributed by atoms with Gasteiger partial charge in [0.15, 0.2) is 5.72 Å². The number of nitrogens with one attached hydrogen (secondary N) is 1. The summed E-state index contributed by atoms with van der Waals surface area (Å²) in [4.78, 5) is 41.6. The van der Waals surface area contributed by atoms with Gasteiger partial charge in [-0.2, -0.15) is 0 Å². The van der Waals surface area contributed by atoms with Gasteiger partial charge in [0.1, 0.15) is 5.75 Å². The maximum absolute atomic E-state index is 12.8. The van der Waals surface area contributed by atoms with Crippen molar-refractivity contribution in [2.45, 2.75) is 57.1 Å². The SMILES string of the molecule is O=C1NC2(CCC(=O)N(CC(=O)N3CCCCCCC3)CC2)Oc2ccccc21. The van der Waals surface area contributed by atoms with E-state index < -0.39 is 5.72 Å². The third kappa shape index (κ3) is 4.38. The van der Waals surface area contributed by atoms with Crippen LogP contribution < -0.4 is 10.1 Å². The van der Waals surface area contributed by atoms with Crippen LogP contribution in [0.1, 0.15) is 61.7 Å². The molecule has 3 amide bonds. The number of fused-ring (bicyclic) bond motifs is 1. The van der Waals surface area contributed by atoms with Gasteiger partial charge in [-0.05, 0) is 25.0 Å². The molecule has 3 heterocycles. The Morgan fingerprint density at radius 1 is 1.00 bits per heavy atom. The van der Waals surface area contributed by atoms with Crippen LogP contribution in [-0.2, 0) is 9.59 Å². The smallest absolute Gasteiger partial charge is 0.258 e. The van der Waals surface area contributed by atoms with Crippen LogP contribution in [0.25, 0.3) is 0 Å². The number of hydrogen-bond donors (Lipinski definition) is 1. The molecule has 1 aromatic carbocycles. The van der Waals surface area contributed by atoms with Gasteiger partial charge in [-0.25, -0.2) is 0 Å². The first-order valence-electron chi connectivity index (χ1n) is 10.7. The molecule has 0 aromatic heterocycles. The number of carbonyl (C=O) groups excluding carboxylic acids is 3. The maximum atomic E-state index is 12.8. The number of hydrogen-bond acceptors (Lipinski definition) is 4. The molecule has 29 heavy (non-hydrogen) atoms. The Balaban J connectivity index is 1.41. The number of ether oxygens (including phenoxy) is 1. The molecule has 7 heteroatoms. The molecule has 1 unspecified atom stereocenters. The average Bonchev–Trinajstić information content (AvgIpc) is 2.82. The van der Waals surface area contributed by atoms with Gasteiger partial charge in [-0.3, -0.25) is 14.4 Å². The quantitative estimate of drug-likeness (QED) is 0.828. The van der Waals surface area contributed by atoms with Gasteiger partial charge < -0.3 is 19.9 Å². The summed E-state index contributed by atoms with van der Waals surface area (Å²) in [5, 5.41) is 2.97. The molecule has 2 fully saturated rings. The lowest BCUT2D eigenvalue weighted by Gasteiger charge is -2.38. The molecule has 3 aliphatic rings. The predicted octanol–water partition coefficient (Wildman–Crippen LogP) is 2.31. The molecule has 0 saturated carbocycles. The summed E-state index contributed by atoms with van der Waals surface area (Å²) >= 11 is 0. The molecule has 2 saturated heterocycles. The molecule has 7 nitrogen and oxygen atoms in total. The van der Waals surface area contributed by atoms with E-state index in [4.69, 9.17) is 4.74 Å². The number of para-hydroxylation sites is 1. The largest absolute Gasteiger partial charge is 0.467 e. The number of likely N-dealkylation sites (tertiary alicyclic amines) is 2. The molecule has 0 radical (unpaired) electrons. The number of carbonyl (C=O) groups is 3. The van der Waals surface area contributed by atoms with Gasteiger partial charge in [-0.1, -0.05) is 31.4 Å². The Hall–Kier alpha value is -2.57. The molecule has 0 bridgehead atoms. The number of rotatable bonds is 2. The van der Waals surface area contributed by atoms with E-state index in [9.17, 15) is 14.4 Å². The predicted molar refractivity (Wildman–Crippen MR) is 107 cm³/mol. The zero-order chi connectivity index (χ0) is 20.3. The Bertz CT molecular complexity index is 788. The van der Waals surface area contributed by atoms with Gasteiger partial charge in [0.25, 0.3) is 5.91 Å². The summed E-state index contributed by atoms with van der Waals surface area (Å²) in [5.41, 5.74) is -0.378. The summed E-state index contributed by atoms with van der Waals surface area (Å²) in [7, 11) is 0. The fourth-order valence-corrected chi connectivity index (χ4v) is 4.44. The van der Waals surface area contributed by atoms with Crippen LogP contribution >= 0.6 is 0 Å². The minimum absolute atomic E-state index is 0.0233.